The molecule has 0 saturated heterocycles. The van der Waals surface area contributed by atoms with E-state index in [4.69, 9.17) is 26.8 Å². The van der Waals surface area contributed by atoms with Gasteiger partial charge in [0, 0.05) is 21.6 Å². The van der Waals surface area contributed by atoms with Crippen LogP contribution in [0.1, 0.15) is 5.56 Å². The third-order valence-corrected chi connectivity index (χ3v) is 3.43. The van der Waals surface area contributed by atoms with E-state index in [1.165, 1.54) is 0 Å². The number of ether oxygens (including phenoxy) is 2. The van der Waals surface area contributed by atoms with Gasteiger partial charge in [0.2, 0.25) is 0 Å². The molecule has 0 bridgehead atoms. The van der Waals surface area contributed by atoms with Crippen LogP contribution in [0, 0.1) is 0 Å². The van der Waals surface area contributed by atoms with Gasteiger partial charge in [0.15, 0.2) is 0 Å². The molecule has 0 fully saturated rings. The molecule has 0 aliphatic heterocycles. The molecule has 0 aliphatic rings. The van der Waals surface area contributed by atoms with Gasteiger partial charge in [-0.2, -0.15) is 0 Å². The lowest BCUT2D eigenvalue weighted by Crippen LogP contribution is -2.10. The van der Waals surface area contributed by atoms with E-state index in [2.05, 4.69) is 15.9 Å². The van der Waals surface area contributed by atoms with Crippen molar-refractivity contribution >= 4 is 27.5 Å². The summed E-state index contributed by atoms with van der Waals surface area (Å²) < 4.78 is 12.3. The van der Waals surface area contributed by atoms with Gasteiger partial charge in [0.25, 0.3) is 0 Å². The first-order valence-corrected chi connectivity index (χ1v) is 7.36. The van der Waals surface area contributed by atoms with Crippen molar-refractivity contribution in [2.24, 2.45) is 5.73 Å². The lowest BCUT2D eigenvalue weighted by Gasteiger charge is -2.11. The van der Waals surface area contributed by atoms with E-state index in [1.807, 2.05) is 36.4 Å². The first-order chi connectivity index (χ1) is 9.69. The number of hydrogen-bond acceptors (Lipinski definition) is 3. The lowest BCUT2D eigenvalue weighted by atomic mass is 10.2. The fourth-order valence-corrected chi connectivity index (χ4v) is 2.15. The Morgan fingerprint density at radius 2 is 1.70 bits per heavy atom. The van der Waals surface area contributed by atoms with Gasteiger partial charge in [-0.05, 0) is 42.5 Å². The van der Waals surface area contributed by atoms with E-state index < -0.39 is 0 Å². The first kappa shape index (κ1) is 15.2. The van der Waals surface area contributed by atoms with Gasteiger partial charge in [-0.15, -0.1) is 0 Å². The Balaban J connectivity index is 1.82. The minimum Gasteiger partial charge on any atom is -0.490 e. The summed E-state index contributed by atoms with van der Waals surface area (Å²) >= 11 is 9.29. The maximum atomic E-state index is 5.91. The Hall–Kier alpha value is -1.23. The molecular weight excluding hydrogens is 342 g/mol. The summed E-state index contributed by atoms with van der Waals surface area (Å²) in [6, 6.07) is 13.1. The van der Waals surface area contributed by atoms with Gasteiger partial charge in [-0.1, -0.05) is 27.5 Å². The van der Waals surface area contributed by atoms with Crippen LogP contribution in [0.15, 0.2) is 46.9 Å². The standard InChI is InChI=1S/C15H15BrClNO2/c16-12-1-4-14(5-2-12)19-7-8-20-15-6-3-13(17)9-11(15)10-18/h1-6,9H,7-8,10,18H2. The SMILES string of the molecule is NCc1cc(Cl)ccc1OCCOc1ccc(Br)cc1. The molecule has 0 saturated carbocycles. The molecule has 2 aromatic rings. The Labute approximate surface area is 131 Å². The van der Waals surface area contributed by atoms with Crippen molar-refractivity contribution in [2.75, 3.05) is 13.2 Å². The van der Waals surface area contributed by atoms with Gasteiger partial charge in [0.1, 0.15) is 24.7 Å². The summed E-state index contributed by atoms with van der Waals surface area (Å²) in [5.41, 5.74) is 6.54. The highest BCUT2D eigenvalue weighted by Crippen LogP contribution is 2.22. The van der Waals surface area contributed by atoms with Gasteiger partial charge < -0.3 is 15.2 Å². The van der Waals surface area contributed by atoms with Crippen molar-refractivity contribution in [3.8, 4) is 11.5 Å². The molecule has 0 atom stereocenters. The second kappa shape index (κ2) is 7.53. The van der Waals surface area contributed by atoms with Crippen molar-refractivity contribution < 1.29 is 9.47 Å². The fraction of sp³-hybridized carbons (Fsp3) is 0.200. The topological polar surface area (TPSA) is 44.5 Å². The van der Waals surface area contributed by atoms with Crippen molar-refractivity contribution in [1.29, 1.82) is 0 Å². The predicted octanol–water partition coefficient (Wildman–Crippen LogP) is 4.02. The molecule has 0 unspecified atom stereocenters. The molecule has 5 heteroatoms. The van der Waals surface area contributed by atoms with Crippen LogP contribution >= 0.6 is 27.5 Å². The molecule has 0 radical (unpaired) electrons. The molecule has 2 aromatic carbocycles. The summed E-state index contributed by atoms with van der Waals surface area (Å²) in [5.74, 6) is 1.56. The molecule has 0 heterocycles. The Bertz CT molecular complexity index is 560. The molecule has 3 nitrogen and oxygen atoms in total. The Morgan fingerprint density at radius 3 is 2.40 bits per heavy atom. The average molecular weight is 357 g/mol. The van der Waals surface area contributed by atoms with E-state index in [0.29, 0.717) is 24.8 Å². The zero-order valence-corrected chi connectivity index (χ0v) is 13.2. The largest absolute Gasteiger partial charge is 0.490 e. The van der Waals surface area contributed by atoms with Crippen LogP contribution in [0.2, 0.25) is 5.02 Å². The molecule has 0 amide bonds. The summed E-state index contributed by atoms with van der Waals surface area (Å²) in [7, 11) is 0. The number of hydrogen-bond donors (Lipinski definition) is 1. The Kier molecular flexibility index (Phi) is 5.71. The number of rotatable bonds is 6. The third-order valence-electron chi connectivity index (χ3n) is 2.67. The van der Waals surface area contributed by atoms with E-state index in [0.717, 1.165) is 21.5 Å². The van der Waals surface area contributed by atoms with Crippen molar-refractivity contribution in [1.82, 2.24) is 0 Å². The van der Waals surface area contributed by atoms with Crippen LogP contribution in [0.25, 0.3) is 0 Å². The van der Waals surface area contributed by atoms with Crippen LogP contribution < -0.4 is 15.2 Å². The highest BCUT2D eigenvalue weighted by Gasteiger charge is 2.03. The molecule has 2 N–H and O–H groups in total. The van der Waals surface area contributed by atoms with Gasteiger partial charge in [-0.3, -0.25) is 0 Å². The fourth-order valence-electron chi connectivity index (χ4n) is 1.69. The molecule has 106 valence electrons. The zero-order chi connectivity index (χ0) is 14.4. The monoisotopic (exact) mass is 355 g/mol. The second-order valence-corrected chi connectivity index (χ2v) is 5.46. The van der Waals surface area contributed by atoms with Crippen LogP contribution in [0.4, 0.5) is 0 Å². The van der Waals surface area contributed by atoms with Crippen molar-refractivity contribution in [3.05, 3.63) is 57.5 Å². The minimum atomic E-state index is 0.392. The molecule has 0 aromatic heterocycles. The maximum absolute atomic E-state index is 5.91. The predicted molar refractivity (Wildman–Crippen MR) is 84.5 cm³/mol. The number of halogens is 2. The first-order valence-electron chi connectivity index (χ1n) is 6.18. The molecular formula is C15H15BrClNO2. The maximum Gasteiger partial charge on any atom is 0.124 e. The highest BCUT2D eigenvalue weighted by molar-refractivity contribution is 9.10. The smallest absolute Gasteiger partial charge is 0.124 e. The summed E-state index contributed by atoms with van der Waals surface area (Å²) in [4.78, 5) is 0. The summed E-state index contributed by atoms with van der Waals surface area (Å²) in [5, 5.41) is 0.656. The van der Waals surface area contributed by atoms with Crippen LogP contribution in [-0.4, -0.2) is 13.2 Å². The molecule has 0 aliphatic carbocycles. The number of nitrogens with two attached hydrogens (primary N) is 1. The minimum absolute atomic E-state index is 0.392. The van der Waals surface area contributed by atoms with Gasteiger partial charge in [-0.25, -0.2) is 0 Å². The van der Waals surface area contributed by atoms with Gasteiger partial charge in [0.05, 0.1) is 0 Å². The summed E-state index contributed by atoms with van der Waals surface area (Å²) in [6.07, 6.45) is 0. The average Bonchev–Trinajstić information content (AvgIpc) is 2.46. The zero-order valence-electron chi connectivity index (χ0n) is 10.8. The number of benzene rings is 2. The third kappa shape index (κ3) is 4.40. The van der Waals surface area contributed by atoms with Crippen molar-refractivity contribution in [3.63, 3.8) is 0 Å². The van der Waals surface area contributed by atoms with Crippen LogP contribution in [-0.2, 0) is 6.54 Å². The van der Waals surface area contributed by atoms with Gasteiger partial charge >= 0.3 is 0 Å². The molecule has 20 heavy (non-hydrogen) atoms. The summed E-state index contributed by atoms with van der Waals surface area (Å²) in [6.45, 7) is 1.31. The van der Waals surface area contributed by atoms with E-state index in [9.17, 15) is 0 Å². The lowest BCUT2D eigenvalue weighted by molar-refractivity contribution is 0.216. The normalized spacial score (nSPS) is 10.3. The van der Waals surface area contributed by atoms with E-state index >= 15 is 0 Å². The quantitative estimate of drug-likeness (QED) is 0.795. The molecule has 0 spiro atoms. The van der Waals surface area contributed by atoms with E-state index in [-0.39, 0.29) is 0 Å². The highest BCUT2D eigenvalue weighted by atomic mass is 79.9. The van der Waals surface area contributed by atoms with E-state index in [1.54, 1.807) is 6.07 Å². The second-order valence-electron chi connectivity index (χ2n) is 4.11. The van der Waals surface area contributed by atoms with Crippen LogP contribution in [0.3, 0.4) is 0 Å². The molecule has 2 rings (SSSR count). The van der Waals surface area contributed by atoms with Crippen LogP contribution in [0.5, 0.6) is 11.5 Å². The van der Waals surface area contributed by atoms with Crippen molar-refractivity contribution in [2.45, 2.75) is 6.54 Å². The Morgan fingerprint density at radius 1 is 1.00 bits per heavy atom.